The van der Waals surface area contributed by atoms with Gasteiger partial charge in [-0.1, -0.05) is 0 Å². The number of ether oxygens (including phenoxy) is 1. The van der Waals surface area contributed by atoms with Gasteiger partial charge in [-0.15, -0.1) is 10.2 Å². The first-order chi connectivity index (χ1) is 12.9. The normalized spacial score (nSPS) is 16.6. The smallest absolute Gasteiger partial charge is 0.387 e. The standard InChI is InChI=1S/C19H22F2N4O2/c1-10-7-13(8-11(2)16(10)27-19(20)21)18(26)22-9-15-23-24-17(12-3-4-12)25(15)14-5-6-14/h7-8,12,14,19H,3-6,9H2,1-2H3,(H,22,26). The van der Waals surface area contributed by atoms with E-state index in [1.807, 2.05) is 0 Å². The minimum absolute atomic E-state index is 0.115. The van der Waals surface area contributed by atoms with Crippen LogP contribution >= 0.6 is 0 Å². The summed E-state index contributed by atoms with van der Waals surface area (Å²) in [6.07, 6.45) is 4.57. The minimum atomic E-state index is -2.89. The summed E-state index contributed by atoms with van der Waals surface area (Å²) >= 11 is 0. The van der Waals surface area contributed by atoms with Crippen LogP contribution in [-0.2, 0) is 6.54 Å². The first-order valence-corrected chi connectivity index (χ1v) is 9.22. The number of carbonyl (C=O) groups is 1. The predicted molar refractivity (Wildman–Crippen MR) is 94.0 cm³/mol. The van der Waals surface area contributed by atoms with E-state index in [1.54, 1.807) is 26.0 Å². The summed E-state index contributed by atoms with van der Waals surface area (Å²) in [5.74, 6) is 2.17. The molecule has 27 heavy (non-hydrogen) atoms. The topological polar surface area (TPSA) is 69.0 Å². The van der Waals surface area contributed by atoms with E-state index in [0.717, 1.165) is 37.3 Å². The Labute approximate surface area is 155 Å². The Kier molecular flexibility index (Phi) is 4.57. The van der Waals surface area contributed by atoms with E-state index in [2.05, 4.69) is 24.8 Å². The number of carbonyl (C=O) groups excluding carboxylic acids is 1. The van der Waals surface area contributed by atoms with Crippen molar-refractivity contribution in [1.82, 2.24) is 20.1 Å². The lowest BCUT2D eigenvalue weighted by atomic mass is 10.1. The Bertz CT molecular complexity index is 850. The van der Waals surface area contributed by atoms with Gasteiger partial charge in [0.05, 0.1) is 6.54 Å². The monoisotopic (exact) mass is 376 g/mol. The number of nitrogens with zero attached hydrogens (tertiary/aromatic N) is 3. The molecule has 2 saturated carbocycles. The molecule has 0 aliphatic heterocycles. The van der Waals surface area contributed by atoms with Gasteiger partial charge in [0.2, 0.25) is 0 Å². The van der Waals surface area contributed by atoms with Gasteiger partial charge in [0.15, 0.2) is 5.82 Å². The van der Waals surface area contributed by atoms with Crippen molar-refractivity contribution in [3.8, 4) is 5.75 Å². The molecule has 0 spiro atoms. The largest absolute Gasteiger partial charge is 0.434 e. The van der Waals surface area contributed by atoms with Crippen LogP contribution in [-0.4, -0.2) is 27.3 Å². The summed E-state index contributed by atoms with van der Waals surface area (Å²) in [4.78, 5) is 12.5. The maximum atomic E-state index is 12.5. The Balaban J connectivity index is 1.47. The number of rotatable bonds is 7. The molecule has 2 aromatic rings. The van der Waals surface area contributed by atoms with Crippen molar-refractivity contribution in [2.75, 3.05) is 0 Å². The van der Waals surface area contributed by atoms with Crippen molar-refractivity contribution in [2.24, 2.45) is 0 Å². The number of halogens is 2. The molecule has 0 radical (unpaired) electrons. The maximum absolute atomic E-state index is 12.5. The molecule has 1 aromatic heterocycles. The fourth-order valence-corrected chi connectivity index (χ4v) is 3.43. The lowest BCUT2D eigenvalue weighted by Crippen LogP contribution is -2.25. The molecule has 2 fully saturated rings. The Morgan fingerprint density at radius 2 is 1.89 bits per heavy atom. The second-order valence-electron chi connectivity index (χ2n) is 7.35. The highest BCUT2D eigenvalue weighted by atomic mass is 19.3. The molecule has 0 unspecified atom stereocenters. The number of amides is 1. The Morgan fingerprint density at radius 3 is 2.44 bits per heavy atom. The molecule has 8 heteroatoms. The molecule has 1 N–H and O–H groups in total. The molecule has 144 valence electrons. The number of aryl methyl sites for hydroxylation is 2. The van der Waals surface area contributed by atoms with Gasteiger partial charge in [0.1, 0.15) is 11.6 Å². The minimum Gasteiger partial charge on any atom is -0.434 e. The van der Waals surface area contributed by atoms with E-state index in [1.165, 1.54) is 0 Å². The number of benzene rings is 1. The zero-order chi connectivity index (χ0) is 19.1. The molecule has 0 atom stereocenters. The first-order valence-electron chi connectivity index (χ1n) is 9.22. The molecule has 2 aliphatic rings. The van der Waals surface area contributed by atoms with Crippen molar-refractivity contribution >= 4 is 5.91 Å². The van der Waals surface area contributed by atoms with E-state index in [9.17, 15) is 13.6 Å². The number of nitrogens with one attached hydrogen (secondary N) is 1. The molecule has 1 aromatic carbocycles. The van der Waals surface area contributed by atoms with Crippen LogP contribution in [0.3, 0.4) is 0 Å². The average Bonchev–Trinajstić information content (AvgIpc) is 3.54. The summed E-state index contributed by atoms with van der Waals surface area (Å²) in [6.45, 7) is 0.694. The predicted octanol–water partition coefficient (Wildman–Crippen LogP) is 3.64. The third-order valence-corrected chi connectivity index (χ3v) is 4.98. The second kappa shape index (κ2) is 6.90. The van der Waals surface area contributed by atoms with Crippen molar-refractivity contribution in [2.45, 2.75) is 64.6 Å². The summed E-state index contributed by atoms with van der Waals surface area (Å²) in [6, 6.07) is 3.57. The van der Waals surface area contributed by atoms with Gasteiger partial charge >= 0.3 is 6.61 Å². The van der Waals surface area contributed by atoms with Gasteiger partial charge in [0.25, 0.3) is 5.91 Å². The summed E-state index contributed by atoms with van der Waals surface area (Å²) in [5, 5.41) is 11.5. The van der Waals surface area contributed by atoms with Gasteiger partial charge in [-0.2, -0.15) is 8.78 Å². The third kappa shape index (κ3) is 3.79. The second-order valence-corrected chi connectivity index (χ2v) is 7.35. The van der Waals surface area contributed by atoms with Crippen molar-refractivity contribution in [3.63, 3.8) is 0 Å². The number of aromatic nitrogens is 3. The quantitative estimate of drug-likeness (QED) is 0.801. The van der Waals surface area contributed by atoms with Crippen LogP contribution in [0.15, 0.2) is 12.1 Å². The van der Waals surface area contributed by atoms with Crippen LogP contribution < -0.4 is 10.1 Å². The number of hydrogen-bond donors (Lipinski definition) is 1. The van der Waals surface area contributed by atoms with Crippen LogP contribution in [0, 0.1) is 13.8 Å². The molecule has 1 amide bonds. The highest BCUT2D eigenvalue weighted by Crippen LogP contribution is 2.44. The first kappa shape index (κ1) is 17.9. The van der Waals surface area contributed by atoms with Crippen LogP contribution in [0.2, 0.25) is 0 Å². The van der Waals surface area contributed by atoms with Gasteiger partial charge in [-0.3, -0.25) is 4.79 Å². The highest BCUT2D eigenvalue weighted by Gasteiger charge is 2.36. The van der Waals surface area contributed by atoms with E-state index in [4.69, 9.17) is 0 Å². The van der Waals surface area contributed by atoms with Crippen molar-refractivity contribution in [3.05, 3.63) is 40.5 Å². The fraction of sp³-hybridized carbons (Fsp3) is 0.526. The lowest BCUT2D eigenvalue weighted by Gasteiger charge is -2.13. The summed E-state index contributed by atoms with van der Waals surface area (Å²) < 4.78 is 31.7. The molecular weight excluding hydrogens is 354 g/mol. The lowest BCUT2D eigenvalue weighted by molar-refractivity contribution is -0.0507. The highest BCUT2D eigenvalue weighted by molar-refractivity contribution is 5.94. The number of alkyl halides is 2. The Hall–Kier alpha value is -2.51. The zero-order valence-corrected chi connectivity index (χ0v) is 15.3. The molecular formula is C19H22F2N4O2. The van der Waals surface area contributed by atoms with Crippen molar-refractivity contribution < 1.29 is 18.3 Å². The van der Waals surface area contributed by atoms with Gasteiger partial charge in [0, 0.05) is 17.5 Å². The van der Waals surface area contributed by atoms with Gasteiger partial charge < -0.3 is 14.6 Å². The van der Waals surface area contributed by atoms with Crippen LogP contribution in [0.4, 0.5) is 8.78 Å². The zero-order valence-electron chi connectivity index (χ0n) is 15.3. The average molecular weight is 376 g/mol. The van der Waals surface area contributed by atoms with Crippen LogP contribution in [0.25, 0.3) is 0 Å². The molecule has 6 nitrogen and oxygen atoms in total. The molecule has 2 aliphatic carbocycles. The molecule has 0 bridgehead atoms. The van der Waals surface area contributed by atoms with Crippen molar-refractivity contribution in [1.29, 1.82) is 0 Å². The number of hydrogen-bond acceptors (Lipinski definition) is 4. The third-order valence-electron chi connectivity index (χ3n) is 4.98. The van der Waals surface area contributed by atoms with E-state index in [-0.39, 0.29) is 11.7 Å². The summed E-state index contributed by atoms with van der Waals surface area (Å²) in [7, 11) is 0. The maximum Gasteiger partial charge on any atom is 0.387 e. The van der Waals surface area contributed by atoms with Gasteiger partial charge in [-0.25, -0.2) is 0 Å². The van der Waals surface area contributed by atoms with E-state index in [0.29, 0.717) is 35.2 Å². The Morgan fingerprint density at radius 1 is 1.22 bits per heavy atom. The SMILES string of the molecule is Cc1cc(C(=O)NCc2nnc(C3CC3)n2C2CC2)cc(C)c1OC(F)F. The van der Waals surface area contributed by atoms with Gasteiger partial charge in [-0.05, 0) is 62.8 Å². The van der Waals surface area contributed by atoms with Crippen LogP contribution in [0.5, 0.6) is 5.75 Å². The summed E-state index contributed by atoms with van der Waals surface area (Å²) in [5.41, 5.74) is 1.40. The molecule has 0 saturated heterocycles. The fourth-order valence-electron chi connectivity index (χ4n) is 3.43. The molecule has 4 rings (SSSR count). The van der Waals surface area contributed by atoms with E-state index >= 15 is 0 Å². The molecule has 1 heterocycles. The van der Waals surface area contributed by atoms with Crippen LogP contribution in [0.1, 0.15) is 70.8 Å². The van der Waals surface area contributed by atoms with E-state index < -0.39 is 6.61 Å².